The molecule has 0 aliphatic carbocycles. The number of aromatic nitrogens is 2. The van der Waals surface area contributed by atoms with Crippen molar-refractivity contribution in [1.29, 1.82) is 0 Å². The standard InChI is InChI=1S/C25H17BrN4OS/c26-19-10-11-24(31)18(13-19)14-28-30-23(16-32-25(30)29-20-7-4-12-27-15-20)22-9-3-6-17-5-1-2-8-21(17)22/h1-16,31H. The Morgan fingerprint density at radius 3 is 2.75 bits per heavy atom. The number of thiazole rings is 1. The molecule has 5 nitrogen and oxygen atoms in total. The van der Waals surface area contributed by atoms with Crippen LogP contribution in [0.4, 0.5) is 5.69 Å². The zero-order valence-electron chi connectivity index (χ0n) is 16.8. The summed E-state index contributed by atoms with van der Waals surface area (Å²) in [5.74, 6) is 0.158. The minimum Gasteiger partial charge on any atom is -0.507 e. The van der Waals surface area contributed by atoms with E-state index in [-0.39, 0.29) is 5.75 Å². The van der Waals surface area contributed by atoms with Gasteiger partial charge in [0.1, 0.15) is 5.75 Å². The minimum atomic E-state index is 0.158. The Morgan fingerprint density at radius 2 is 1.88 bits per heavy atom. The molecule has 0 unspecified atom stereocenters. The van der Waals surface area contributed by atoms with Gasteiger partial charge in [-0.15, -0.1) is 11.3 Å². The molecule has 0 amide bonds. The summed E-state index contributed by atoms with van der Waals surface area (Å²) in [6, 6.07) is 23.5. The molecule has 0 bridgehead atoms. The molecule has 1 N–H and O–H groups in total. The molecule has 0 saturated carbocycles. The number of phenols is 1. The van der Waals surface area contributed by atoms with Crippen LogP contribution in [0.25, 0.3) is 22.0 Å². The highest BCUT2D eigenvalue weighted by atomic mass is 79.9. The van der Waals surface area contributed by atoms with Crippen molar-refractivity contribution in [2.75, 3.05) is 0 Å². The Hall–Kier alpha value is -3.55. The topological polar surface area (TPSA) is 62.8 Å². The maximum absolute atomic E-state index is 10.2. The van der Waals surface area contributed by atoms with Crippen molar-refractivity contribution in [1.82, 2.24) is 9.66 Å². The summed E-state index contributed by atoms with van der Waals surface area (Å²) in [7, 11) is 0. The van der Waals surface area contributed by atoms with Crippen LogP contribution in [0.2, 0.25) is 0 Å². The van der Waals surface area contributed by atoms with E-state index in [0.717, 1.165) is 32.2 Å². The van der Waals surface area contributed by atoms with Crippen LogP contribution in [0.1, 0.15) is 5.56 Å². The zero-order chi connectivity index (χ0) is 21.9. The molecule has 7 heteroatoms. The number of nitrogens with zero attached hydrogens (tertiary/aromatic N) is 4. The Labute approximate surface area is 196 Å². The number of benzene rings is 3. The Morgan fingerprint density at radius 1 is 1.00 bits per heavy atom. The highest BCUT2D eigenvalue weighted by molar-refractivity contribution is 9.10. The molecule has 5 aromatic rings. The van der Waals surface area contributed by atoms with Gasteiger partial charge >= 0.3 is 0 Å². The van der Waals surface area contributed by atoms with Crippen LogP contribution in [-0.4, -0.2) is 21.0 Å². The molecule has 5 rings (SSSR count). The first-order valence-electron chi connectivity index (χ1n) is 9.85. The van der Waals surface area contributed by atoms with E-state index >= 15 is 0 Å². The molecule has 0 atom stereocenters. The maximum atomic E-state index is 10.2. The molecule has 3 aromatic carbocycles. The third-order valence-electron chi connectivity index (χ3n) is 4.92. The largest absolute Gasteiger partial charge is 0.507 e. The van der Waals surface area contributed by atoms with Gasteiger partial charge in [-0.1, -0.05) is 58.4 Å². The molecule has 2 aromatic heterocycles. The fraction of sp³-hybridized carbons (Fsp3) is 0. The van der Waals surface area contributed by atoms with E-state index in [0.29, 0.717) is 10.4 Å². The second kappa shape index (κ2) is 8.90. The predicted molar refractivity (Wildman–Crippen MR) is 134 cm³/mol. The van der Waals surface area contributed by atoms with Crippen molar-refractivity contribution in [2.45, 2.75) is 0 Å². The molecule has 156 valence electrons. The summed E-state index contributed by atoms with van der Waals surface area (Å²) >= 11 is 4.95. The first-order valence-corrected chi connectivity index (χ1v) is 11.5. The third-order valence-corrected chi connectivity index (χ3v) is 6.23. The summed E-state index contributed by atoms with van der Waals surface area (Å²) in [6.45, 7) is 0. The number of fused-ring (bicyclic) bond motifs is 1. The second-order valence-corrected chi connectivity index (χ2v) is 8.76. The summed E-state index contributed by atoms with van der Waals surface area (Å²) in [5, 5.41) is 19.3. The van der Waals surface area contributed by atoms with Gasteiger partial charge in [0.05, 0.1) is 23.8 Å². The molecular weight excluding hydrogens is 484 g/mol. The van der Waals surface area contributed by atoms with E-state index in [1.165, 1.54) is 11.3 Å². The van der Waals surface area contributed by atoms with Gasteiger partial charge in [-0.05, 0) is 41.1 Å². The van der Waals surface area contributed by atoms with E-state index in [1.54, 1.807) is 35.4 Å². The molecule has 0 radical (unpaired) electrons. The average molecular weight is 501 g/mol. The van der Waals surface area contributed by atoms with Gasteiger partial charge < -0.3 is 5.11 Å². The fourth-order valence-electron chi connectivity index (χ4n) is 3.40. The van der Waals surface area contributed by atoms with Crippen molar-refractivity contribution in [3.8, 4) is 17.0 Å². The molecular formula is C25H17BrN4OS. The number of hydrogen-bond donors (Lipinski definition) is 1. The number of rotatable bonds is 4. The number of phenolic OH excluding ortho intramolecular Hbond substituents is 1. The van der Waals surface area contributed by atoms with E-state index in [2.05, 4.69) is 50.6 Å². The minimum absolute atomic E-state index is 0.158. The number of halogens is 1. The van der Waals surface area contributed by atoms with Gasteiger partial charge in [0, 0.05) is 27.2 Å². The van der Waals surface area contributed by atoms with Crippen LogP contribution < -0.4 is 4.80 Å². The Kier molecular flexibility index (Phi) is 5.66. The normalized spacial score (nSPS) is 12.1. The van der Waals surface area contributed by atoms with Crippen molar-refractivity contribution in [3.05, 3.63) is 105 Å². The van der Waals surface area contributed by atoms with Crippen molar-refractivity contribution < 1.29 is 5.11 Å². The molecule has 32 heavy (non-hydrogen) atoms. The molecule has 0 aliphatic rings. The second-order valence-electron chi connectivity index (χ2n) is 7.01. The van der Waals surface area contributed by atoms with Crippen LogP contribution in [0.5, 0.6) is 5.75 Å². The summed E-state index contributed by atoms with van der Waals surface area (Å²) in [6.07, 6.45) is 5.08. The molecule has 0 fully saturated rings. The smallest absolute Gasteiger partial charge is 0.211 e. The number of pyridine rings is 1. The lowest BCUT2D eigenvalue weighted by molar-refractivity contribution is 0.474. The Bertz CT molecular complexity index is 1500. The summed E-state index contributed by atoms with van der Waals surface area (Å²) in [4.78, 5) is 9.61. The number of hydrogen-bond acceptors (Lipinski definition) is 5. The summed E-state index contributed by atoms with van der Waals surface area (Å²) in [5.41, 5.74) is 3.32. The summed E-state index contributed by atoms with van der Waals surface area (Å²) < 4.78 is 2.67. The first-order chi connectivity index (χ1) is 15.7. The quantitative estimate of drug-likeness (QED) is 0.292. The van der Waals surface area contributed by atoms with Gasteiger partial charge in [0.15, 0.2) is 0 Å². The lowest BCUT2D eigenvalue weighted by Crippen LogP contribution is -2.11. The SMILES string of the molecule is Oc1ccc(Br)cc1C=Nn1c(-c2cccc3ccccc23)csc1=Nc1cccnc1. The zero-order valence-corrected chi connectivity index (χ0v) is 19.2. The maximum Gasteiger partial charge on any atom is 0.211 e. The monoisotopic (exact) mass is 500 g/mol. The molecule has 2 heterocycles. The lowest BCUT2D eigenvalue weighted by Gasteiger charge is -2.08. The predicted octanol–water partition coefficient (Wildman–Crippen LogP) is 6.35. The van der Waals surface area contributed by atoms with E-state index in [9.17, 15) is 5.11 Å². The van der Waals surface area contributed by atoms with Crippen LogP contribution in [0.3, 0.4) is 0 Å². The van der Waals surface area contributed by atoms with Crippen molar-refractivity contribution in [2.24, 2.45) is 10.1 Å². The van der Waals surface area contributed by atoms with Gasteiger partial charge in [0.2, 0.25) is 4.80 Å². The van der Waals surface area contributed by atoms with E-state index in [4.69, 9.17) is 10.1 Å². The lowest BCUT2D eigenvalue weighted by atomic mass is 10.0. The Balaban J connectivity index is 1.72. The highest BCUT2D eigenvalue weighted by Crippen LogP contribution is 2.29. The van der Waals surface area contributed by atoms with Crippen LogP contribution >= 0.6 is 27.3 Å². The van der Waals surface area contributed by atoms with Crippen LogP contribution in [0.15, 0.2) is 105 Å². The average Bonchev–Trinajstić information content (AvgIpc) is 3.22. The van der Waals surface area contributed by atoms with Gasteiger partial charge in [-0.25, -0.2) is 9.67 Å². The van der Waals surface area contributed by atoms with E-state index in [1.807, 2.05) is 36.4 Å². The molecule has 0 spiro atoms. The number of aromatic hydroxyl groups is 1. The molecule has 0 saturated heterocycles. The van der Waals surface area contributed by atoms with Gasteiger partial charge in [-0.3, -0.25) is 4.98 Å². The van der Waals surface area contributed by atoms with Gasteiger partial charge in [-0.2, -0.15) is 5.10 Å². The molecule has 0 aliphatic heterocycles. The van der Waals surface area contributed by atoms with Crippen molar-refractivity contribution >= 4 is 49.9 Å². The first kappa shape index (κ1) is 20.4. The van der Waals surface area contributed by atoms with E-state index < -0.39 is 0 Å². The third kappa shape index (κ3) is 4.12. The van der Waals surface area contributed by atoms with Crippen LogP contribution in [-0.2, 0) is 0 Å². The van der Waals surface area contributed by atoms with Crippen LogP contribution in [0, 0.1) is 0 Å². The highest BCUT2D eigenvalue weighted by Gasteiger charge is 2.11. The fourth-order valence-corrected chi connectivity index (χ4v) is 4.63. The van der Waals surface area contributed by atoms with Gasteiger partial charge in [0.25, 0.3) is 0 Å². The van der Waals surface area contributed by atoms with Crippen molar-refractivity contribution in [3.63, 3.8) is 0 Å².